The zero-order chi connectivity index (χ0) is 10.4. The number of ether oxygens (including phenoxy) is 3. The van der Waals surface area contributed by atoms with Crippen LogP contribution in [0.1, 0.15) is 5.56 Å². The quantitative estimate of drug-likeness (QED) is 0.602. The first-order chi connectivity index (χ1) is 6.83. The Balaban J connectivity index is 2.93. The van der Waals surface area contributed by atoms with Crippen molar-refractivity contribution in [3.63, 3.8) is 0 Å². The number of benzene rings is 1. The second kappa shape index (κ2) is 5.88. The minimum Gasteiger partial charge on any atom is -0.493 e. The van der Waals surface area contributed by atoms with Gasteiger partial charge < -0.3 is 14.2 Å². The fourth-order valence-electron chi connectivity index (χ4n) is 1.11. The fraction of sp³-hybridized carbons (Fsp3) is 0.400. The third kappa shape index (κ3) is 2.62. The number of methoxy groups -OCH3 is 2. The molecule has 0 bridgehead atoms. The summed E-state index contributed by atoms with van der Waals surface area (Å²) >= 11 is 3.39. The van der Waals surface area contributed by atoms with Crippen molar-refractivity contribution in [1.29, 1.82) is 0 Å². The molecule has 78 valence electrons. The summed E-state index contributed by atoms with van der Waals surface area (Å²) in [5.74, 6) is 1.45. The molecule has 0 atom stereocenters. The Morgan fingerprint density at radius 2 is 2.07 bits per heavy atom. The summed E-state index contributed by atoms with van der Waals surface area (Å²) in [6.07, 6.45) is 0. The smallest absolute Gasteiger partial charge is 0.188 e. The van der Waals surface area contributed by atoms with E-state index in [9.17, 15) is 0 Å². The van der Waals surface area contributed by atoms with E-state index in [2.05, 4.69) is 15.9 Å². The fourth-order valence-corrected chi connectivity index (χ4v) is 1.55. The van der Waals surface area contributed by atoms with Crippen molar-refractivity contribution in [1.82, 2.24) is 0 Å². The van der Waals surface area contributed by atoms with Crippen molar-refractivity contribution < 1.29 is 14.2 Å². The van der Waals surface area contributed by atoms with Gasteiger partial charge in [0.15, 0.2) is 18.3 Å². The van der Waals surface area contributed by atoms with E-state index < -0.39 is 0 Å². The third-order valence-corrected chi connectivity index (χ3v) is 2.35. The molecular formula is C10H13BrO3. The maximum Gasteiger partial charge on any atom is 0.188 e. The number of hydrogen-bond donors (Lipinski definition) is 0. The summed E-state index contributed by atoms with van der Waals surface area (Å²) in [4.78, 5) is 0. The van der Waals surface area contributed by atoms with Crippen LogP contribution in [0.3, 0.4) is 0 Å². The zero-order valence-corrected chi connectivity index (χ0v) is 9.83. The van der Waals surface area contributed by atoms with E-state index in [1.54, 1.807) is 14.2 Å². The van der Waals surface area contributed by atoms with Crippen molar-refractivity contribution in [2.24, 2.45) is 0 Å². The predicted molar refractivity (Wildman–Crippen MR) is 58.1 cm³/mol. The highest BCUT2D eigenvalue weighted by Gasteiger charge is 2.08. The van der Waals surface area contributed by atoms with E-state index in [-0.39, 0.29) is 6.79 Å². The van der Waals surface area contributed by atoms with E-state index in [0.717, 1.165) is 22.4 Å². The lowest BCUT2D eigenvalue weighted by Gasteiger charge is -2.12. The Bertz CT molecular complexity index is 266. The Morgan fingerprint density at radius 1 is 1.29 bits per heavy atom. The average Bonchev–Trinajstić information content (AvgIpc) is 2.25. The highest BCUT2D eigenvalue weighted by Crippen LogP contribution is 2.32. The summed E-state index contributed by atoms with van der Waals surface area (Å²) in [6, 6.07) is 5.76. The first-order valence-electron chi connectivity index (χ1n) is 4.17. The van der Waals surface area contributed by atoms with Crippen LogP contribution in [-0.4, -0.2) is 21.0 Å². The molecule has 1 rings (SSSR count). The van der Waals surface area contributed by atoms with Crippen LogP contribution in [0.15, 0.2) is 18.2 Å². The maximum atomic E-state index is 5.42. The Labute approximate surface area is 92.1 Å². The van der Waals surface area contributed by atoms with E-state index in [4.69, 9.17) is 14.2 Å². The molecular weight excluding hydrogens is 248 g/mol. The molecule has 0 N–H and O–H groups in total. The third-order valence-electron chi connectivity index (χ3n) is 1.75. The minimum absolute atomic E-state index is 0.223. The van der Waals surface area contributed by atoms with Gasteiger partial charge in [0, 0.05) is 18.0 Å². The second-order valence-corrected chi connectivity index (χ2v) is 3.19. The molecule has 0 aromatic heterocycles. The number of alkyl halides is 1. The Kier molecular flexibility index (Phi) is 4.76. The Hall–Kier alpha value is -0.740. The Morgan fingerprint density at radius 3 is 2.64 bits per heavy atom. The lowest BCUT2D eigenvalue weighted by molar-refractivity contribution is 0.0486. The van der Waals surface area contributed by atoms with Gasteiger partial charge >= 0.3 is 0 Å². The number of para-hydroxylation sites is 1. The summed E-state index contributed by atoms with van der Waals surface area (Å²) in [5, 5.41) is 0.725. The molecule has 0 aliphatic rings. The van der Waals surface area contributed by atoms with Crippen LogP contribution in [0.4, 0.5) is 0 Å². The van der Waals surface area contributed by atoms with Gasteiger partial charge in [-0.2, -0.15) is 0 Å². The lowest BCUT2D eigenvalue weighted by atomic mass is 10.2. The first-order valence-corrected chi connectivity index (χ1v) is 5.29. The molecule has 0 unspecified atom stereocenters. The minimum atomic E-state index is 0.223. The van der Waals surface area contributed by atoms with Gasteiger partial charge in [-0.25, -0.2) is 0 Å². The van der Waals surface area contributed by atoms with Crippen molar-refractivity contribution in [2.75, 3.05) is 21.0 Å². The van der Waals surface area contributed by atoms with E-state index >= 15 is 0 Å². The van der Waals surface area contributed by atoms with Gasteiger partial charge in [-0.15, -0.1) is 0 Å². The van der Waals surface area contributed by atoms with Gasteiger partial charge in [0.2, 0.25) is 0 Å². The van der Waals surface area contributed by atoms with E-state index in [1.165, 1.54) is 0 Å². The molecule has 0 radical (unpaired) electrons. The molecule has 4 heteroatoms. The van der Waals surface area contributed by atoms with Crippen molar-refractivity contribution >= 4 is 15.9 Å². The van der Waals surface area contributed by atoms with Crippen LogP contribution in [0.25, 0.3) is 0 Å². The van der Waals surface area contributed by atoms with Crippen LogP contribution < -0.4 is 9.47 Å². The summed E-state index contributed by atoms with van der Waals surface area (Å²) in [7, 11) is 3.20. The lowest BCUT2D eigenvalue weighted by Crippen LogP contribution is -2.02. The van der Waals surface area contributed by atoms with Gasteiger partial charge in [0.25, 0.3) is 0 Å². The molecule has 1 aromatic rings. The highest BCUT2D eigenvalue weighted by molar-refractivity contribution is 9.08. The number of rotatable bonds is 5. The topological polar surface area (TPSA) is 27.7 Å². The monoisotopic (exact) mass is 260 g/mol. The number of hydrogen-bond acceptors (Lipinski definition) is 3. The van der Waals surface area contributed by atoms with Gasteiger partial charge in [-0.1, -0.05) is 28.1 Å². The van der Waals surface area contributed by atoms with Gasteiger partial charge in [0.05, 0.1) is 7.11 Å². The molecule has 0 heterocycles. The molecule has 3 nitrogen and oxygen atoms in total. The molecule has 0 saturated carbocycles. The second-order valence-electron chi connectivity index (χ2n) is 2.63. The van der Waals surface area contributed by atoms with Gasteiger partial charge in [-0.05, 0) is 6.07 Å². The van der Waals surface area contributed by atoms with Crippen molar-refractivity contribution in [2.45, 2.75) is 5.33 Å². The standard InChI is InChI=1S/C10H13BrO3/c1-12-7-14-10-8(6-11)4-3-5-9(10)13-2/h3-5H,6-7H2,1-2H3. The zero-order valence-electron chi connectivity index (χ0n) is 8.25. The highest BCUT2D eigenvalue weighted by atomic mass is 79.9. The van der Waals surface area contributed by atoms with Crippen LogP contribution in [0.2, 0.25) is 0 Å². The van der Waals surface area contributed by atoms with Gasteiger partial charge in [-0.3, -0.25) is 0 Å². The summed E-state index contributed by atoms with van der Waals surface area (Å²) in [6.45, 7) is 0.223. The largest absolute Gasteiger partial charge is 0.493 e. The molecule has 0 saturated heterocycles. The van der Waals surface area contributed by atoms with Gasteiger partial charge in [0.1, 0.15) is 0 Å². The molecule has 0 amide bonds. The van der Waals surface area contributed by atoms with Crippen LogP contribution in [0, 0.1) is 0 Å². The molecule has 1 aromatic carbocycles. The molecule has 14 heavy (non-hydrogen) atoms. The van der Waals surface area contributed by atoms with Crippen molar-refractivity contribution in [3.8, 4) is 11.5 Å². The average molecular weight is 261 g/mol. The van der Waals surface area contributed by atoms with Crippen molar-refractivity contribution in [3.05, 3.63) is 23.8 Å². The van der Waals surface area contributed by atoms with E-state index in [1.807, 2.05) is 18.2 Å². The molecule has 0 aliphatic heterocycles. The molecule has 0 fully saturated rings. The van der Waals surface area contributed by atoms with E-state index in [0.29, 0.717) is 0 Å². The van der Waals surface area contributed by atoms with Crippen LogP contribution in [0.5, 0.6) is 11.5 Å². The summed E-state index contributed by atoms with van der Waals surface area (Å²) in [5.41, 5.74) is 1.04. The molecule has 0 aliphatic carbocycles. The maximum absolute atomic E-state index is 5.42. The van der Waals surface area contributed by atoms with Crippen LogP contribution >= 0.6 is 15.9 Å². The first kappa shape index (κ1) is 11.3. The molecule has 0 spiro atoms. The van der Waals surface area contributed by atoms with Crippen LogP contribution in [-0.2, 0) is 10.1 Å². The predicted octanol–water partition coefficient (Wildman–Crippen LogP) is 2.57. The SMILES string of the molecule is COCOc1c(CBr)cccc1OC. The number of halogens is 1. The summed E-state index contributed by atoms with van der Waals surface area (Å²) < 4.78 is 15.5. The normalized spacial score (nSPS) is 9.93.